The fourth-order valence-corrected chi connectivity index (χ4v) is 1.85. The molecule has 4 heteroatoms. The Morgan fingerprint density at radius 1 is 1.40 bits per heavy atom. The third kappa shape index (κ3) is 5.58. The molecule has 1 heterocycles. The van der Waals surface area contributed by atoms with Crippen LogP contribution < -0.4 is 10.1 Å². The molecule has 0 radical (unpaired) electrons. The van der Waals surface area contributed by atoms with Gasteiger partial charge in [0.05, 0.1) is 23.8 Å². The zero-order chi connectivity index (χ0) is 15.0. The van der Waals surface area contributed by atoms with Crippen molar-refractivity contribution in [3.8, 4) is 11.8 Å². The summed E-state index contributed by atoms with van der Waals surface area (Å²) in [6, 6.07) is 6.25. The number of hydrogen-bond acceptors (Lipinski definition) is 4. The van der Waals surface area contributed by atoms with Gasteiger partial charge in [-0.15, -0.1) is 0 Å². The highest BCUT2D eigenvalue weighted by Crippen LogP contribution is 2.22. The van der Waals surface area contributed by atoms with Crippen LogP contribution in [0.1, 0.15) is 45.0 Å². The molecular weight excluding hydrogens is 250 g/mol. The standard InChI is InChI=1S/C16H25N3O/c1-5-18-11-14-15(8-7-13(2)19-14)20-10-6-9-16(3,4)12-17/h7-8,18H,5-6,9-11H2,1-4H3. The van der Waals surface area contributed by atoms with Gasteiger partial charge in [-0.2, -0.15) is 5.26 Å². The van der Waals surface area contributed by atoms with Gasteiger partial charge in [0.25, 0.3) is 0 Å². The lowest BCUT2D eigenvalue weighted by Crippen LogP contribution is -2.15. The summed E-state index contributed by atoms with van der Waals surface area (Å²) in [6.07, 6.45) is 1.71. The van der Waals surface area contributed by atoms with Crippen LogP contribution in [0.2, 0.25) is 0 Å². The van der Waals surface area contributed by atoms with Crippen molar-refractivity contribution in [2.75, 3.05) is 13.2 Å². The van der Waals surface area contributed by atoms with E-state index < -0.39 is 0 Å². The van der Waals surface area contributed by atoms with Gasteiger partial charge in [-0.1, -0.05) is 6.92 Å². The number of aromatic nitrogens is 1. The molecule has 0 saturated carbocycles. The molecule has 110 valence electrons. The lowest BCUT2D eigenvalue weighted by atomic mass is 9.90. The highest BCUT2D eigenvalue weighted by molar-refractivity contribution is 5.29. The van der Waals surface area contributed by atoms with Gasteiger partial charge in [0, 0.05) is 12.2 Å². The number of aryl methyl sites for hydroxylation is 1. The first-order chi connectivity index (χ1) is 9.48. The minimum atomic E-state index is -0.276. The molecule has 20 heavy (non-hydrogen) atoms. The third-order valence-corrected chi connectivity index (χ3v) is 3.12. The van der Waals surface area contributed by atoms with Gasteiger partial charge in [0.1, 0.15) is 5.75 Å². The van der Waals surface area contributed by atoms with E-state index in [1.165, 1.54) is 0 Å². The Labute approximate surface area is 122 Å². The van der Waals surface area contributed by atoms with E-state index in [0.717, 1.165) is 43.1 Å². The molecule has 0 fully saturated rings. The molecule has 0 aromatic carbocycles. The minimum absolute atomic E-state index is 0.276. The summed E-state index contributed by atoms with van der Waals surface area (Å²) >= 11 is 0. The van der Waals surface area contributed by atoms with Crippen molar-refractivity contribution in [1.82, 2.24) is 10.3 Å². The number of pyridine rings is 1. The molecule has 0 bridgehead atoms. The lowest BCUT2D eigenvalue weighted by Gasteiger charge is -2.16. The van der Waals surface area contributed by atoms with Crippen LogP contribution in [0.3, 0.4) is 0 Å². The van der Waals surface area contributed by atoms with Crippen LogP contribution >= 0.6 is 0 Å². The monoisotopic (exact) mass is 275 g/mol. The second-order valence-electron chi connectivity index (χ2n) is 5.63. The van der Waals surface area contributed by atoms with Gasteiger partial charge in [-0.3, -0.25) is 4.98 Å². The first-order valence-corrected chi connectivity index (χ1v) is 7.20. The normalized spacial score (nSPS) is 11.2. The summed E-state index contributed by atoms with van der Waals surface area (Å²) in [6.45, 7) is 10.2. The fourth-order valence-electron chi connectivity index (χ4n) is 1.85. The second-order valence-corrected chi connectivity index (χ2v) is 5.63. The maximum absolute atomic E-state index is 8.97. The zero-order valence-corrected chi connectivity index (χ0v) is 13.0. The molecular formula is C16H25N3O. The molecule has 0 amide bonds. The summed E-state index contributed by atoms with van der Waals surface area (Å²) in [7, 11) is 0. The van der Waals surface area contributed by atoms with Crippen LogP contribution in [0.4, 0.5) is 0 Å². The minimum Gasteiger partial charge on any atom is -0.492 e. The van der Waals surface area contributed by atoms with Crippen LogP contribution in [0.25, 0.3) is 0 Å². The summed E-state index contributed by atoms with van der Waals surface area (Å²) in [5, 5.41) is 12.2. The van der Waals surface area contributed by atoms with E-state index in [2.05, 4.69) is 23.3 Å². The van der Waals surface area contributed by atoms with Gasteiger partial charge in [0.15, 0.2) is 0 Å². The molecule has 4 nitrogen and oxygen atoms in total. The average molecular weight is 275 g/mol. The van der Waals surface area contributed by atoms with Crippen molar-refractivity contribution in [3.05, 3.63) is 23.5 Å². The van der Waals surface area contributed by atoms with Crippen molar-refractivity contribution in [1.29, 1.82) is 5.26 Å². The Kier molecular flexibility index (Phi) is 6.47. The van der Waals surface area contributed by atoms with Gasteiger partial charge >= 0.3 is 0 Å². The molecule has 0 unspecified atom stereocenters. The molecule has 0 aliphatic carbocycles. The second kappa shape index (κ2) is 7.86. The summed E-state index contributed by atoms with van der Waals surface area (Å²) in [5.74, 6) is 0.839. The Bertz CT molecular complexity index is 463. The Balaban J connectivity index is 2.53. The van der Waals surface area contributed by atoms with Crippen LogP contribution in [0, 0.1) is 23.7 Å². The molecule has 0 atom stereocenters. The average Bonchev–Trinajstić information content (AvgIpc) is 2.43. The number of nitrogens with one attached hydrogen (secondary N) is 1. The van der Waals surface area contributed by atoms with Gasteiger partial charge in [-0.05, 0) is 52.3 Å². The molecule has 0 spiro atoms. The molecule has 1 N–H and O–H groups in total. The lowest BCUT2D eigenvalue weighted by molar-refractivity contribution is 0.280. The molecule has 1 rings (SSSR count). The van der Waals surface area contributed by atoms with Crippen LogP contribution in [0.15, 0.2) is 12.1 Å². The number of hydrogen-bond donors (Lipinski definition) is 1. The quantitative estimate of drug-likeness (QED) is 0.740. The molecule has 1 aromatic heterocycles. The SMILES string of the molecule is CCNCc1nc(C)ccc1OCCCC(C)(C)C#N. The highest BCUT2D eigenvalue weighted by atomic mass is 16.5. The van der Waals surface area contributed by atoms with Gasteiger partial charge < -0.3 is 10.1 Å². The first-order valence-electron chi connectivity index (χ1n) is 7.20. The van der Waals surface area contributed by atoms with E-state index in [-0.39, 0.29) is 5.41 Å². The number of ether oxygens (including phenoxy) is 1. The largest absolute Gasteiger partial charge is 0.492 e. The maximum atomic E-state index is 8.97. The Morgan fingerprint density at radius 3 is 2.80 bits per heavy atom. The van der Waals surface area contributed by atoms with Crippen molar-refractivity contribution in [2.24, 2.45) is 5.41 Å². The smallest absolute Gasteiger partial charge is 0.142 e. The highest BCUT2D eigenvalue weighted by Gasteiger charge is 2.16. The van der Waals surface area contributed by atoms with Gasteiger partial charge in [0.2, 0.25) is 0 Å². The van der Waals surface area contributed by atoms with Crippen molar-refractivity contribution >= 4 is 0 Å². The van der Waals surface area contributed by atoms with E-state index in [1.807, 2.05) is 32.9 Å². The molecule has 0 aliphatic heterocycles. The fraction of sp³-hybridized carbons (Fsp3) is 0.625. The van der Waals surface area contributed by atoms with Crippen molar-refractivity contribution in [3.63, 3.8) is 0 Å². The van der Waals surface area contributed by atoms with E-state index >= 15 is 0 Å². The maximum Gasteiger partial charge on any atom is 0.142 e. The molecule has 0 saturated heterocycles. The predicted molar refractivity (Wildman–Crippen MR) is 80.5 cm³/mol. The summed E-state index contributed by atoms with van der Waals surface area (Å²) in [4.78, 5) is 4.51. The van der Waals surface area contributed by atoms with Crippen molar-refractivity contribution in [2.45, 2.75) is 47.1 Å². The van der Waals surface area contributed by atoms with E-state index in [0.29, 0.717) is 6.61 Å². The molecule has 0 aliphatic rings. The van der Waals surface area contributed by atoms with E-state index in [9.17, 15) is 0 Å². The van der Waals surface area contributed by atoms with Crippen LogP contribution in [-0.4, -0.2) is 18.1 Å². The van der Waals surface area contributed by atoms with E-state index in [1.54, 1.807) is 0 Å². The summed E-state index contributed by atoms with van der Waals surface area (Å²) in [5.41, 5.74) is 1.67. The first kappa shape index (κ1) is 16.5. The Morgan fingerprint density at radius 2 is 2.15 bits per heavy atom. The van der Waals surface area contributed by atoms with Crippen molar-refractivity contribution < 1.29 is 4.74 Å². The Hall–Kier alpha value is -1.60. The number of nitrogens with zero attached hydrogens (tertiary/aromatic N) is 2. The summed E-state index contributed by atoms with van der Waals surface area (Å²) < 4.78 is 5.82. The van der Waals surface area contributed by atoms with Crippen LogP contribution in [0.5, 0.6) is 5.75 Å². The number of rotatable bonds is 8. The molecule has 1 aromatic rings. The third-order valence-electron chi connectivity index (χ3n) is 3.12. The van der Waals surface area contributed by atoms with Crippen LogP contribution in [-0.2, 0) is 6.54 Å². The van der Waals surface area contributed by atoms with Gasteiger partial charge in [-0.25, -0.2) is 0 Å². The number of nitriles is 1. The van der Waals surface area contributed by atoms with E-state index in [4.69, 9.17) is 10.00 Å². The predicted octanol–water partition coefficient (Wildman–Crippen LogP) is 3.21. The zero-order valence-electron chi connectivity index (χ0n) is 13.0. The topological polar surface area (TPSA) is 57.9 Å².